The average molecular weight is 272 g/mol. The second kappa shape index (κ2) is 6.84. The van der Waals surface area contributed by atoms with E-state index < -0.39 is 0 Å². The van der Waals surface area contributed by atoms with Crippen LogP contribution < -0.4 is 10.1 Å². The van der Waals surface area contributed by atoms with E-state index >= 15 is 0 Å². The van der Waals surface area contributed by atoms with E-state index in [2.05, 4.69) is 27.2 Å². The van der Waals surface area contributed by atoms with Gasteiger partial charge in [-0.05, 0) is 25.5 Å². The van der Waals surface area contributed by atoms with Crippen LogP contribution in [0.5, 0.6) is 11.6 Å². The Hall–Kier alpha value is -2.17. The molecule has 20 heavy (non-hydrogen) atoms. The lowest BCUT2D eigenvalue weighted by Gasteiger charge is -2.10. The third-order valence-corrected chi connectivity index (χ3v) is 2.79. The summed E-state index contributed by atoms with van der Waals surface area (Å²) in [6.07, 6.45) is 3.56. The van der Waals surface area contributed by atoms with Gasteiger partial charge in [0, 0.05) is 25.2 Å². The molecule has 0 bridgehead atoms. The molecule has 2 rings (SSSR count). The van der Waals surface area contributed by atoms with Gasteiger partial charge in [-0.2, -0.15) is 4.98 Å². The van der Waals surface area contributed by atoms with Gasteiger partial charge in [0.1, 0.15) is 11.6 Å². The minimum Gasteiger partial charge on any atom is -0.437 e. The van der Waals surface area contributed by atoms with Gasteiger partial charge in [-0.3, -0.25) is 4.98 Å². The monoisotopic (exact) mass is 272 g/mol. The molecule has 0 atom stereocenters. The lowest BCUT2D eigenvalue weighted by Crippen LogP contribution is -2.06. The van der Waals surface area contributed by atoms with E-state index in [1.165, 1.54) is 0 Å². The van der Waals surface area contributed by atoms with Gasteiger partial charge in [0.15, 0.2) is 5.75 Å². The zero-order valence-electron chi connectivity index (χ0n) is 12.2. The zero-order chi connectivity index (χ0) is 14.4. The number of nitrogens with zero attached hydrogens (tertiary/aromatic N) is 3. The molecule has 0 aliphatic carbocycles. The van der Waals surface area contributed by atoms with Gasteiger partial charge in [0.2, 0.25) is 5.88 Å². The lowest BCUT2D eigenvalue weighted by molar-refractivity contribution is 0.453. The summed E-state index contributed by atoms with van der Waals surface area (Å²) in [6, 6.07) is 5.55. The molecule has 0 fully saturated rings. The maximum Gasteiger partial charge on any atom is 0.224 e. The normalized spacial score (nSPS) is 10.3. The fraction of sp³-hybridized carbons (Fsp3) is 0.400. The van der Waals surface area contributed by atoms with E-state index in [9.17, 15) is 0 Å². The van der Waals surface area contributed by atoms with E-state index in [0.29, 0.717) is 5.88 Å². The van der Waals surface area contributed by atoms with Gasteiger partial charge in [-0.1, -0.05) is 13.8 Å². The van der Waals surface area contributed by atoms with Crippen LogP contribution in [-0.2, 0) is 6.42 Å². The molecule has 0 saturated heterocycles. The Morgan fingerprint density at radius 1 is 1.25 bits per heavy atom. The van der Waals surface area contributed by atoms with E-state index in [1.807, 2.05) is 32.0 Å². The smallest absolute Gasteiger partial charge is 0.224 e. The lowest BCUT2D eigenvalue weighted by atomic mass is 10.3. The molecular formula is C15H20N4O. The molecule has 0 aliphatic heterocycles. The number of hydrogen-bond acceptors (Lipinski definition) is 5. The minimum absolute atomic E-state index is 0.548. The van der Waals surface area contributed by atoms with Crippen LogP contribution in [0.2, 0.25) is 0 Å². The predicted octanol–water partition coefficient (Wildman–Crippen LogP) is 3.36. The highest BCUT2D eigenvalue weighted by atomic mass is 16.5. The van der Waals surface area contributed by atoms with Crippen molar-refractivity contribution in [2.24, 2.45) is 0 Å². The largest absolute Gasteiger partial charge is 0.437 e. The van der Waals surface area contributed by atoms with E-state index in [-0.39, 0.29) is 0 Å². The van der Waals surface area contributed by atoms with Crippen LogP contribution in [0.4, 0.5) is 5.82 Å². The Morgan fingerprint density at radius 3 is 2.80 bits per heavy atom. The Labute approximate surface area is 119 Å². The van der Waals surface area contributed by atoms with Gasteiger partial charge < -0.3 is 10.1 Å². The van der Waals surface area contributed by atoms with Crippen molar-refractivity contribution in [3.63, 3.8) is 0 Å². The molecule has 0 aromatic carbocycles. The summed E-state index contributed by atoms with van der Waals surface area (Å²) in [5, 5.41) is 3.26. The molecule has 0 saturated carbocycles. The van der Waals surface area contributed by atoms with Crippen LogP contribution in [0.15, 0.2) is 24.4 Å². The van der Waals surface area contributed by atoms with E-state index in [1.54, 1.807) is 6.20 Å². The first-order chi connectivity index (χ1) is 9.72. The number of aromatic nitrogens is 3. The van der Waals surface area contributed by atoms with Crippen LogP contribution in [0.1, 0.15) is 31.8 Å². The molecule has 2 heterocycles. The van der Waals surface area contributed by atoms with Crippen LogP contribution in [0.3, 0.4) is 0 Å². The Balaban J connectivity index is 2.24. The maximum absolute atomic E-state index is 5.82. The summed E-state index contributed by atoms with van der Waals surface area (Å²) >= 11 is 0. The molecule has 0 amide bonds. The van der Waals surface area contributed by atoms with Crippen molar-refractivity contribution in [2.75, 3.05) is 11.9 Å². The highest BCUT2D eigenvalue weighted by molar-refractivity contribution is 5.40. The highest BCUT2D eigenvalue weighted by Gasteiger charge is 2.07. The Bertz CT molecular complexity index is 572. The van der Waals surface area contributed by atoms with Crippen molar-refractivity contribution < 1.29 is 4.74 Å². The van der Waals surface area contributed by atoms with E-state index in [4.69, 9.17) is 4.74 Å². The standard InChI is InChI=1S/C15H20N4O/c1-4-8-17-14-10-15(19-13(5-2)18-14)20-12-7-6-9-16-11(12)3/h6-7,9-10H,4-5,8H2,1-3H3,(H,17,18,19). The van der Waals surface area contributed by atoms with Crippen LogP contribution in [0.25, 0.3) is 0 Å². The van der Waals surface area contributed by atoms with Crippen molar-refractivity contribution in [3.05, 3.63) is 35.9 Å². The van der Waals surface area contributed by atoms with Gasteiger partial charge >= 0.3 is 0 Å². The maximum atomic E-state index is 5.82. The predicted molar refractivity (Wildman–Crippen MR) is 79.2 cm³/mol. The quantitative estimate of drug-likeness (QED) is 0.873. The molecule has 0 spiro atoms. The zero-order valence-corrected chi connectivity index (χ0v) is 12.2. The molecular weight excluding hydrogens is 252 g/mol. The van der Waals surface area contributed by atoms with E-state index in [0.717, 1.165) is 42.5 Å². The van der Waals surface area contributed by atoms with Crippen LogP contribution in [-0.4, -0.2) is 21.5 Å². The van der Waals surface area contributed by atoms with Crippen LogP contribution >= 0.6 is 0 Å². The highest BCUT2D eigenvalue weighted by Crippen LogP contribution is 2.23. The number of ether oxygens (including phenoxy) is 1. The molecule has 2 aromatic rings. The van der Waals surface area contributed by atoms with Gasteiger partial charge in [-0.15, -0.1) is 0 Å². The van der Waals surface area contributed by atoms with Crippen LogP contribution in [0, 0.1) is 6.92 Å². The molecule has 0 aliphatic rings. The third kappa shape index (κ3) is 3.66. The average Bonchev–Trinajstić information content (AvgIpc) is 2.47. The summed E-state index contributed by atoms with van der Waals surface area (Å²) in [5.41, 5.74) is 0.840. The molecule has 5 nitrogen and oxygen atoms in total. The molecule has 5 heteroatoms. The van der Waals surface area contributed by atoms with Crippen molar-refractivity contribution in [3.8, 4) is 11.6 Å². The first kappa shape index (κ1) is 14.2. The SMILES string of the molecule is CCCNc1cc(Oc2cccnc2C)nc(CC)n1. The number of nitrogens with one attached hydrogen (secondary N) is 1. The minimum atomic E-state index is 0.548. The molecule has 1 N–H and O–H groups in total. The number of aryl methyl sites for hydroxylation is 2. The summed E-state index contributed by atoms with van der Waals surface area (Å²) in [7, 11) is 0. The molecule has 0 radical (unpaired) electrons. The van der Waals surface area contributed by atoms with Crippen molar-refractivity contribution in [2.45, 2.75) is 33.6 Å². The topological polar surface area (TPSA) is 59.9 Å². The second-order valence-electron chi connectivity index (χ2n) is 4.48. The second-order valence-corrected chi connectivity index (χ2v) is 4.48. The summed E-state index contributed by atoms with van der Waals surface area (Å²) in [4.78, 5) is 13.0. The number of pyridine rings is 1. The summed E-state index contributed by atoms with van der Waals surface area (Å²) in [6.45, 7) is 6.93. The number of hydrogen-bond donors (Lipinski definition) is 1. The fourth-order valence-corrected chi connectivity index (χ4v) is 1.72. The Morgan fingerprint density at radius 2 is 2.10 bits per heavy atom. The van der Waals surface area contributed by atoms with Crippen molar-refractivity contribution >= 4 is 5.82 Å². The van der Waals surface area contributed by atoms with Gasteiger partial charge in [0.25, 0.3) is 0 Å². The summed E-state index contributed by atoms with van der Waals surface area (Å²) < 4.78 is 5.82. The first-order valence-corrected chi connectivity index (χ1v) is 6.94. The number of anilines is 1. The Kier molecular flexibility index (Phi) is 4.87. The van der Waals surface area contributed by atoms with Crippen molar-refractivity contribution in [1.82, 2.24) is 15.0 Å². The van der Waals surface area contributed by atoms with Gasteiger partial charge in [-0.25, -0.2) is 4.98 Å². The fourth-order valence-electron chi connectivity index (χ4n) is 1.72. The van der Waals surface area contributed by atoms with Gasteiger partial charge in [0.05, 0.1) is 5.69 Å². The molecule has 106 valence electrons. The number of rotatable bonds is 6. The molecule has 0 unspecified atom stereocenters. The third-order valence-electron chi connectivity index (χ3n) is 2.79. The van der Waals surface area contributed by atoms with Crippen molar-refractivity contribution in [1.29, 1.82) is 0 Å². The molecule has 2 aromatic heterocycles. The first-order valence-electron chi connectivity index (χ1n) is 6.94. The summed E-state index contributed by atoms with van der Waals surface area (Å²) in [5.74, 6) is 2.83.